The third-order valence-electron chi connectivity index (χ3n) is 2.86. The van der Waals surface area contributed by atoms with E-state index in [0.29, 0.717) is 13.0 Å². The Balaban J connectivity index is 2.32. The van der Waals surface area contributed by atoms with Gasteiger partial charge in [-0.2, -0.15) is 5.10 Å². The summed E-state index contributed by atoms with van der Waals surface area (Å²) in [4.78, 5) is 34.8. The van der Waals surface area contributed by atoms with Crippen LogP contribution in [0.5, 0.6) is 0 Å². The minimum Gasteiger partial charge on any atom is -0.468 e. The van der Waals surface area contributed by atoms with Crippen molar-refractivity contribution in [1.29, 1.82) is 0 Å². The van der Waals surface area contributed by atoms with Crippen LogP contribution in [-0.2, 0) is 20.8 Å². The predicted molar refractivity (Wildman–Crippen MR) is 58.0 cm³/mol. The molecule has 0 N–H and O–H groups in total. The fraction of sp³-hybridized carbons (Fsp3) is 0.455. The average Bonchev–Trinajstić information content (AvgIpc) is 2.82. The SMILES string of the molecule is COC(=O)c1cc2n(n1)CC[C@H](C(=O)OC)C2=O. The fourth-order valence-electron chi connectivity index (χ4n) is 1.92. The minimum atomic E-state index is -0.815. The maximum atomic E-state index is 12.0. The highest BCUT2D eigenvalue weighted by Crippen LogP contribution is 2.22. The van der Waals surface area contributed by atoms with Gasteiger partial charge in [-0.3, -0.25) is 14.3 Å². The largest absolute Gasteiger partial charge is 0.468 e. The van der Waals surface area contributed by atoms with Crippen LogP contribution in [0.1, 0.15) is 27.4 Å². The molecule has 1 aromatic rings. The molecule has 0 bridgehead atoms. The van der Waals surface area contributed by atoms with E-state index in [-0.39, 0.29) is 17.2 Å². The second-order valence-electron chi connectivity index (χ2n) is 3.86. The normalized spacial score (nSPS) is 18.1. The number of hydrogen-bond donors (Lipinski definition) is 0. The molecule has 1 atom stereocenters. The van der Waals surface area contributed by atoms with E-state index in [1.54, 1.807) is 0 Å². The lowest BCUT2D eigenvalue weighted by Gasteiger charge is -2.19. The zero-order chi connectivity index (χ0) is 13.3. The number of carbonyl (C=O) groups is 3. The van der Waals surface area contributed by atoms with Gasteiger partial charge in [0.1, 0.15) is 11.6 Å². The van der Waals surface area contributed by atoms with E-state index < -0.39 is 17.9 Å². The highest BCUT2D eigenvalue weighted by Gasteiger charge is 2.35. The van der Waals surface area contributed by atoms with Crippen LogP contribution in [0.3, 0.4) is 0 Å². The quantitative estimate of drug-likeness (QED) is 0.545. The fourth-order valence-corrected chi connectivity index (χ4v) is 1.92. The van der Waals surface area contributed by atoms with E-state index in [4.69, 9.17) is 0 Å². The first-order valence-corrected chi connectivity index (χ1v) is 5.36. The van der Waals surface area contributed by atoms with Gasteiger partial charge < -0.3 is 9.47 Å². The zero-order valence-electron chi connectivity index (χ0n) is 10.0. The van der Waals surface area contributed by atoms with E-state index in [1.165, 1.54) is 25.0 Å². The molecule has 2 rings (SSSR count). The Morgan fingerprint density at radius 2 is 2.11 bits per heavy atom. The van der Waals surface area contributed by atoms with Gasteiger partial charge >= 0.3 is 11.9 Å². The van der Waals surface area contributed by atoms with E-state index in [1.807, 2.05) is 0 Å². The highest BCUT2D eigenvalue weighted by atomic mass is 16.5. The standard InChI is InChI=1S/C11H12N2O5/c1-17-10(15)6-3-4-13-8(9(6)14)5-7(12-13)11(16)18-2/h5-6H,3-4H2,1-2H3/t6-/m0/s1. The monoisotopic (exact) mass is 252 g/mol. The van der Waals surface area contributed by atoms with Gasteiger partial charge in [0.25, 0.3) is 0 Å². The number of ketones is 1. The summed E-state index contributed by atoms with van der Waals surface area (Å²) in [6.45, 7) is 0.387. The summed E-state index contributed by atoms with van der Waals surface area (Å²) >= 11 is 0. The van der Waals surface area contributed by atoms with Crippen molar-refractivity contribution in [2.24, 2.45) is 5.92 Å². The maximum absolute atomic E-state index is 12.0. The van der Waals surface area contributed by atoms with Gasteiger partial charge in [-0.1, -0.05) is 0 Å². The third kappa shape index (κ3) is 1.87. The molecule has 0 spiro atoms. The summed E-state index contributed by atoms with van der Waals surface area (Å²) in [6.07, 6.45) is 0.320. The first-order chi connectivity index (χ1) is 8.58. The van der Waals surface area contributed by atoms with Crippen LogP contribution in [0.2, 0.25) is 0 Å². The number of Topliss-reactive ketones (excluding diaryl/α,β-unsaturated/α-hetero) is 1. The number of rotatable bonds is 2. The first kappa shape index (κ1) is 12.3. The van der Waals surface area contributed by atoms with Crippen LogP contribution in [0.15, 0.2) is 6.07 Å². The Morgan fingerprint density at radius 1 is 1.39 bits per heavy atom. The molecule has 0 unspecified atom stereocenters. The number of esters is 2. The number of ether oxygens (including phenoxy) is 2. The van der Waals surface area contributed by atoms with Crippen molar-refractivity contribution in [3.8, 4) is 0 Å². The smallest absolute Gasteiger partial charge is 0.358 e. The van der Waals surface area contributed by atoms with Crippen molar-refractivity contribution in [2.75, 3.05) is 14.2 Å². The lowest BCUT2D eigenvalue weighted by atomic mass is 9.95. The molecule has 7 nitrogen and oxygen atoms in total. The van der Waals surface area contributed by atoms with Crippen molar-refractivity contribution >= 4 is 17.7 Å². The van der Waals surface area contributed by atoms with Crippen LogP contribution in [-0.4, -0.2) is 41.7 Å². The van der Waals surface area contributed by atoms with Crippen LogP contribution >= 0.6 is 0 Å². The van der Waals surface area contributed by atoms with Gasteiger partial charge in [-0.05, 0) is 6.42 Å². The first-order valence-electron chi connectivity index (χ1n) is 5.36. The molecule has 0 radical (unpaired) electrons. The number of methoxy groups -OCH3 is 2. The molecule has 1 aliphatic rings. The number of carbonyl (C=O) groups excluding carboxylic acids is 3. The van der Waals surface area contributed by atoms with E-state index in [2.05, 4.69) is 14.6 Å². The van der Waals surface area contributed by atoms with Gasteiger partial charge in [0.05, 0.1) is 14.2 Å². The van der Waals surface area contributed by atoms with Crippen molar-refractivity contribution < 1.29 is 23.9 Å². The van der Waals surface area contributed by atoms with Crippen molar-refractivity contribution in [3.63, 3.8) is 0 Å². The molecule has 1 aromatic heterocycles. The summed E-state index contributed by atoms with van der Waals surface area (Å²) < 4.78 is 10.5. The maximum Gasteiger partial charge on any atom is 0.358 e. The van der Waals surface area contributed by atoms with E-state index >= 15 is 0 Å². The van der Waals surface area contributed by atoms with Gasteiger partial charge in [0.15, 0.2) is 11.5 Å². The van der Waals surface area contributed by atoms with Gasteiger partial charge in [0, 0.05) is 12.6 Å². The van der Waals surface area contributed by atoms with Gasteiger partial charge in [-0.15, -0.1) is 0 Å². The number of fused-ring (bicyclic) bond motifs is 1. The van der Waals surface area contributed by atoms with Crippen molar-refractivity contribution in [1.82, 2.24) is 9.78 Å². The molecule has 0 amide bonds. The average molecular weight is 252 g/mol. The Hall–Kier alpha value is -2.18. The second-order valence-corrected chi connectivity index (χ2v) is 3.86. The van der Waals surface area contributed by atoms with E-state index in [0.717, 1.165) is 0 Å². The number of aromatic nitrogens is 2. The molecular weight excluding hydrogens is 240 g/mol. The van der Waals surface area contributed by atoms with E-state index in [9.17, 15) is 14.4 Å². The summed E-state index contributed by atoms with van der Waals surface area (Å²) in [7, 11) is 2.47. The molecule has 0 saturated heterocycles. The molecule has 18 heavy (non-hydrogen) atoms. The Morgan fingerprint density at radius 3 is 2.72 bits per heavy atom. The predicted octanol–water partition coefficient (Wildman–Crippen LogP) is 0.0453. The Labute approximate surface area is 103 Å². The molecule has 0 fully saturated rings. The zero-order valence-corrected chi connectivity index (χ0v) is 10.0. The highest BCUT2D eigenvalue weighted by molar-refractivity contribution is 6.09. The lowest BCUT2D eigenvalue weighted by Crippen LogP contribution is -2.33. The molecular formula is C11H12N2O5. The summed E-state index contributed by atoms with van der Waals surface area (Å²) in [6, 6.07) is 1.34. The lowest BCUT2D eigenvalue weighted by molar-refractivity contribution is -0.144. The summed E-state index contributed by atoms with van der Waals surface area (Å²) in [5, 5.41) is 3.96. The third-order valence-corrected chi connectivity index (χ3v) is 2.86. The Kier molecular flexibility index (Phi) is 3.14. The molecule has 2 heterocycles. The topological polar surface area (TPSA) is 87.5 Å². The van der Waals surface area contributed by atoms with Crippen LogP contribution < -0.4 is 0 Å². The molecule has 0 aliphatic carbocycles. The number of hydrogen-bond acceptors (Lipinski definition) is 6. The molecule has 0 aromatic carbocycles. The molecule has 1 aliphatic heterocycles. The van der Waals surface area contributed by atoms with Crippen LogP contribution in [0.25, 0.3) is 0 Å². The van der Waals surface area contributed by atoms with Crippen molar-refractivity contribution in [2.45, 2.75) is 13.0 Å². The number of aryl methyl sites for hydroxylation is 1. The van der Waals surface area contributed by atoms with Gasteiger partial charge in [0.2, 0.25) is 0 Å². The summed E-state index contributed by atoms with van der Waals surface area (Å²) in [5.74, 6) is -2.37. The summed E-state index contributed by atoms with van der Waals surface area (Å²) in [5.41, 5.74) is 0.295. The molecule has 7 heteroatoms. The van der Waals surface area contributed by atoms with Crippen LogP contribution in [0.4, 0.5) is 0 Å². The molecule has 0 saturated carbocycles. The van der Waals surface area contributed by atoms with Crippen LogP contribution in [0, 0.1) is 5.92 Å². The number of nitrogens with zero attached hydrogens (tertiary/aromatic N) is 2. The van der Waals surface area contributed by atoms with Crippen molar-refractivity contribution in [3.05, 3.63) is 17.5 Å². The second kappa shape index (κ2) is 4.59. The minimum absolute atomic E-state index is 0.0614. The molecule has 96 valence electrons. The van der Waals surface area contributed by atoms with Gasteiger partial charge in [-0.25, -0.2) is 4.79 Å². The Bertz CT molecular complexity index is 520.